The van der Waals surface area contributed by atoms with Crippen molar-refractivity contribution in [3.63, 3.8) is 0 Å². The van der Waals surface area contributed by atoms with Crippen LogP contribution in [0.3, 0.4) is 0 Å². The number of hydrogen-bond donors (Lipinski definition) is 1. The summed E-state index contributed by atoms with van der Waals surface area (Å²) in [5, 5.41) is 3.06. The number of carbonyl (C=O) groups excluding carboxylic acids is 1. The average Bonchev–Trinajstić information content (AvgIpc) is 2.69. The zero-order valence-corrected chi connectivity index (χ0v) is 15.4. The Bertz CT molecular complexity index is 930. The molecule has 0 saturated heterocycles. The van der Waals surface area contributed by atoms with E-state index in [1.54, 1.807) is 12.4 Å². The van der Waals surface area contributed by atoms with Crippen molar-refractivity contribution in [2.45, 2.75) is 12.5 Å². The topological polar surface area (TPSA) is 64.1 Å². The van der Waals surface area contributed by atoms with Gasteiger partial charge < -0.3 is 10.1 Å². The summed E-state index contributed by atoms with van der Waals surface area (Å²) in [7, 11) is 0. The summed E-state index contributed by atoms with van der Waals surface area (Å²) in [6.45, 7) is 0.572. The summed E-state index contributed by atoms with van der Waals surface area (Å²) in [6.07, 6.45) is 3.84. The van der Waals surface area contributed by atoms with Gasteiger partial charge in [-0.2, -0.15) is 0 Å². The molecule has 0 fully saturated rings. The maximum atomic E-state index is 12.6. The Labute approximate surface area is 159 Å². The Morgan fingerprint density at radius 1 is 1.12 bits per heavy atom. The van der Waals surface area contributed by atoms with E-state index in [9.17, 15) is 4.79 Å². The van der Waals surface area contributed by atoms with E-state index in [-0.39, 0.29) is 11.9 Å². The molecule has 0 saturated carbocycles. The quantitative estimate of drug-likeness (QED) is 0.705. The van der Waals surface area contributed by atoms with Gasteiger partial charge in [0.25, 0.3) is 5.91 Å². The van der Waals surface area contributed by atoms with Gasteiger partial charge in [-0.25, -0.2) is 9.97 Å². The fraction of sp³-hybridized carbons (Fsp3) is 0.150. The van der Waals surface area contributed by atoms with E-state index in [0.29, 0.717) is 18.0 Å². The second-order valence-corrected chi connectivity index (χ2v) is 6.92. The molecule has 1 unspecified atom stereocenters. The molecule has 130 valence electrons. The van der Waals surface area contributed by atoms with Gasteiger partial charge >= 0.3 is 0 Å². The molecule has 6 heteroatoms. The van der Waals surface area contributed by atoms with Crippen molar-refractivity contribution in [1.29, 1.82) is 0 Å². The molecule has 3 aromatic rings. The molecule has 4 rings (SSSR count). The third kappa shape index (κ3) is 3.46. The zero-order chi connectivity index (χ0) is 17.9. The maximum absolute atomic E-state index is 12.6. The Hall–Kier alpha value is -2.73. The number of nitrogens with one attached hydrogen (secondary N) is 1. The first-order chi connectivity index (χ1) is 12.7. The average molecular weight is 410 g/mol. The number of amides is 1. The lowest BCUT2D eigenvalue weighted by molar-refractivity contribution is 0.0924. The molecule has 0 aliphatic carbocycles. The van der Waals surface area contributed by atoms with Gasteiger partial charge in [-0.1, -0.05) is 46.3 Å². The Balaban J connectivity index is 1.52. The molecule has 0 spiro atoms. The molecule has 1 amide bonds. The van der Waals surface area contributed by atoms with Gasteiger partial charge in [-0.3, -0.25) is 4.79 Å². The summed E-state index contributed by atoms with van der Waals surface area (Å²) in [5.74, 6) is 1.21. The second-order valence-electron chi connectivity index (χ2n) is 6.01. The van der Waals surface area contributed by atoms with E-state index in [2.05, 4.69) is 31.2 Å². The maximum Gasteiger partial charge on any atom is 0.254 e. The normalized spacial score (nSPS) is 15.7. The van der Waals surface area contributed by atoms with Crippen molar-refractivity contribution >= 4 is 21.8 Å². The summed E-state index contributed by atoms with van der Waals surface area (Å²) < 4.78 is 6.62. The van der Waals surface area contributed by atoms with Crippen LogP contribution in [-0.4, -0.2) is 22.5 Å². The van der Waals surface area contributed by atoms with Gasteiger partial charge in [0.1, 0.15) is 5.75 Å². The number of rotatable bonds is 3. The Morgan fingerprint density at radius 2 is 1.88 bits per heavy atom. The van der Waals surface area contributed by atoms with Crippen LogP contribution in [0.25, 0.3) is 11.4 Å². The molecule has 26 heavy (non-hydrogen) atoms. The van der Waals surface area contributed by atoms with Crippen LogP contribution in [0.15, 0.2) is 65.4 Å². The van der Waals surface area contributed by atoms with Crippen LogP contribution in [0.4, 0.5) is 0 Å². The molecule has 2 aromatic carbocycles. The number of aromatic nitrogens is 2. The SMILES string of the molecule is O=C(NC1CCOc2ccc(Br)cc21)c1cnc(-c2ccccc2)nc1. The summed E-state index contributed by atoms with van der Waals surface area (Å²) >= 11 is 3.47. The van der Waals surface area contributed by atoms with Crippen LogP contribution in [0, 0.1) is 0 Å². The molecule has 1 aliphatic rings. The van der Waals surface area contributed by atoms with Gasteiger partial charge in [-0.05, 0) is 18.2 Å². The van der Waals surface area contributed by atoms with Crippen LogP contribution in [0.5, 0.6) is 5.75 Å². The lowest BCUT2D eigenvalue weighted by Crippen LogP contribution is -2.32. The highest BCUT2D eigenvalue weighted by Gasteiger charge is 2.24. The molecule has 0 radical (unpaired) electrons. The minimum Gasteiger partial charge on any atom is -0.493 e. The van der Waals surface area contributed by atoms with E-state index in [4.69, 9.17) is 4.74 Å². The van der Waals surface area contributed by atoms with Crippen molar-refractivity contribution in [2.75, 3.05) is 6.61 Å². The number of benzene rings is 2. The Kier molecular flexibility index (Phi) is 4.67. The van der Waals surface area contributed by atoms with Crippen LogP contribution >= 0.6 is 15.9 Å². The fourth-order valence-corrected chi connectivity index (χ4v) is 3.32. The summed E-state index contributed by atoms with van der Waals surface area (Å²) in [6, 6.07) is 15.4. The molecule has 5 nitrogen and oxygen atoms in total. The largest absolute Gasteiger partial charge is 0.493 e. The number of halogens is 1. The molecular formula is C20H16BrN3O2. The molecule has 1 aliphatic heterocycles. The highest BCUT2D eigenvalue weighted by Crippen LogP contribution is 2.34. The van der Waals surface area contributed by atoms with E-state index >= 15 is 0 Å². The highest BCUT2D eigenvalue weighted by atomic mass is 79.9. The van der Waals surface area contributed by atoms with Crippen molar-refractivity contribution in [1.82, 2.24) is 15.3 Å². The monoisotopic (exact) mass is 409 g/mol. The lowest BCUT2D eigenvalue weighted by Gasteiger charge is -2.26. The van der Waals surface area contributed by atoms with E-state index < -0.39 is 0 Å². The van der Waals surface area contributed by atoms with Crippen molar-refractivity contribution in [3.05, 3.63) is 76.5 Å². The number of nitrogens with zero attached hydrogens (tertiary/aromatic N) is 2. The third-order valence-corrected chi connectivity index (χ3v) is 4.76. The first-order valence-electron chi connectivity index (χ1n) is 8.31. The molecule has 1 N–H and O–H groups in total. The fourth-order valence-electron chi connectivity index (χ4n) is 2.94. The summed E-state index contributed by atoms with van der Waals surface area (Å²) in [4.78, 5) is 21.2. The minimum atomic E-state index is -0.192. The summed E-state index contributed by atoms with van der Waals surface area (Å²) in [5.41, 5.74) is 2.33. The van der Waals surface area contributed by atoms with Gasteiger partial charge in [0.2, 0.25) is 0 Å². The first kappa shape index (κ1) is 16.7. The lowest BCUT2D eigenvalue weighted by atomic mass is 10.0. The third-order valence-electron chi connectivity index (χ3n) is 4.26. The van der Waals surface area contributed by atoms with Gasteiger partial charge in [0.15, 0.2) is 5.82 Å². The zero-order valence-electron chi connectivity index (χ0n) is 13.9. The first-order valence-corrected chi connectivity index (χ1v) is 9.10. The van der Waals surface area contributed by atoms with Crippen molar-refractivity contribution < 1.29 is 9.53 Å². The van der Waals surface area contributed by atoms with E-state index in [0.717, 1.165) is 27.8 Å². The van der Waals surface area contributed by atoms with E-state index in [1.165, 1.54) is 0 Å². The van der Waals surface area contributed by atoms with Crippen LogP contribution < -0.4 is 10.1 Å². The number of ether oxygens (including phenoxy) is 1. The predicted molar refractivity (Wildman–Crippen MR) is 102 cm³/mol. The predicted octanol–water partition coefficient (Wildman–Crippen LogP) is 4.16. The molecule has 2 heterocycles. The minimum absolute atomic E-state index is 0.0995. The van der Waals surface area contributed by atoms with Crippen LogP contribution in [-0.2, 0) is 0 Å². The molecular weight excluding hydrogens is 394 g/mol. The standard InChI is InChI=1S/C20H16BrN3O2/c21-15-6-7-18-16(10-15)17(8-9-26-18)24-20(25)14-11-22-19(23-12-14)13-4-2-1-3-5-13/h1-7,10-12,17H,8-9H2,(H,24,25). The van der Waals surface area contributed by atoms with Gasteiger partial charge in [-0.15, -0.1) is 0 Å². The van der Waals surface area contributed by atoms with Gasteiger partial charge in [0, 0.05) is 34.4 Å². The number of carbonyl (C=O) groups is 1. The molecule has 1 aromatic heterocycles. The number of fused-ring (bicyclic) bond motifs is 1. The van der Waals surface area contributed by atoms with E-state index in [1.807, 2.05) is 48.5 Å². The Morgan fingerprint density at radius 3 is 2.65 bits per heavy atom. The highest BCUT2D eigenvalue weighted by molar-refractivity contribution is 9.10. The van der Waals surface area contributed by atoms with Crippen molar-refractivity contribution in [3.8, 4) is 17.1 Å². The van der Waals surface area contributed by atoms with Crippen LogP contribution in [0.1, 0.15) is 28.4 Å². The van der Waals surface area contributed by atoms with Crippen LogP contribution in [0.2, 0.25) is 0 Å². The van der Waals surface area contributed by atoms with Crippen molar-refractivity contribution in [2.24, 2.45) is 0 Å². The molecule has 1 atom stereocenters. The smallest absolute Gasteiger partial charge is 0.254 e. The molecule has 0 bridgehead atoms. The second kappa shape index (κ2) is 7.25. The van der Waals surface area contributed by atoms with Gasteiger partial charge in [0.05, 0.1) is 18.2 Å². The number of hydrogen-bond acceptors (Lipinski definition) is 4.